The van der Waals surface area contributed by atoms with Gasteiger partial charge >= 0.3 is 0 Å². The number of hydrogen-bond donors (Lipinski definition) is 1. The molecule has 1 aliphatic rings. The Morgan fingerprint density at radius 1 is 1.55 bits per heavy atom. The Balaban J connectivity index is 1.91. The van der Waals surface area contributed by atoms with Crippen molar-refractivity contribution in [3.05, 3.63) is 28.5 Å². The average molecular weight is 297 g/mol. The van der Waals surface area contributed by atoms with E-state index < -0.39 is 0 Å². The minimum atomic E-state index is -0.0879. The Morgan fingerprint density at radius 2 is 2.35 bits per heavy atom. The zero-order valence-corrected chi connectivity index (χ0v) is 12.7. The predicted molar refractivity (Wildman–Crippen MR) is 79.2 cm³/mol. The van der Waals surface area contributed by atoms with Crippen LogP contribution in [0.1, 0.15) is 48.7 Å². The molecule has 20 heavy (non-hydrogen) atoms. The number of carbonyl (C=O) groups excluding carboxylic acids is 1. The van der Waals surface area contributed by atoms with E-state index in [9.17, 15) is 4.79 Å². The molecule has 2 heterocycles. The fraction of sp³-hybridized carbons (Fsp3) is 0.600. The third-order valence-corrected chi connectivity index (χ3v) is 3.72. The number of rotatable bonds is 5. The maximum Gasteiger partial charge on any atom is 0.251 e. The summed E-state index contributed by atoms with van der Waals surface area (Å²) in [6.07, 6.45) is 2.05. The third kappa shape index (κ3) is 4.18. The number of halogens is 1. The Kier molecular flexibility index (Phi) is 5.38. The van der Waals surface area contributed by atoms with E-state index in [2.05, 4.69) is 10.3 Å². The molecule has 0 radical (unpaired) electrons. The van der Waals surface area contributed by atoms with Gasteiger partial charge in [-0.2, -0.15) is 0 Å². The van der Waals surface area contributed by atoms with Crippen molar-refractivity contribution >= 4 is 17.5 Å². The molecular weight excluding hydrogens is 276 g/mol. The fourth-order valence-corrected chi connectivity index (χ4v) is 2.46. The molecule has 110 valence electrons. The second-order valence-electron chi connectivity index (χ2n) is 5.53. The summed E-state index contributed by atoms with van der Waals surface area (Å²) in [6.45, 7) is 6.38. The molecule has 4 nitrogen and oxygen atoms in total. The van der Waals surface area contributed by atoms with E-state index in [1.54, 1.807) is 6.07 Å². The van der Waals surface area contributed by atoms with Crippen LogP contribution >= 0.6 is 11.6 Å². The lowest BCUT2D eigenvalue weighted by Gasteiger charge is -2.11. The summed E-state index contributed by atoms with van der Waals surface area (Å²) < 4.78 is 5.32. The van der Waals surface area contributed by atoms with Crippen molar-refractivity contribution in [1.29, 1.82) is 0 Å². The molecule has 0 aromatic carbocycles. The highest BCUT2D eigenvalue weighted by Gasteiger charge is 2.16. The normalized spacial score (nSPS) is 18.5. The van der Waals surface area contributed by atoms with Crippen LogP contribution in [0.15, 0.2) is 12.1 Å². The van der Waals surface area contributed by atoms with Gasteiger partial charge in [-0.1, -0.05) is 25.4 Å². The van der Waals surface area contributed by atoms with Gasteiger partial charge in [0.15, 0.2) is 0 Å². The van der Waals surface area contributed by atoms with Crippen LogP contribution in [0.2, 0.25) is 5.15 Å². The largest absolute Gasteiger partial charge is 0.381 e. The summed E-state index contributed by atoms with van der Waals surface area (Å²) in [5, 5.41) is 3.30. The topological polar surface area (TPSA) is 51.2 Å². The first kappa shape index (κ1) is 15.3. The molecule has 0 bridgehead atoms. The molecule has 2 rings (SSSR count). The van der Waals surface area contributed by atoms with E-state index in [0.717, 1.165) is 31.7 Å². The molecule has 1 N–H and O–H groups in total. The lowest BCUT2D eigenvalue weighted by molar-refractivity contribution is 0.0950. The lowest BCUT2D eigenvalue weighted by atomic mass is 10.0. The zero-order valence-electron chi connectivity index (χ0n) is 12.0. The lowest BCUT2D eigenvalue weighted by Crippen LogP contribution is -2.26. The number of aromatic nitrogens is 1. The molecule has 1 aromatic rings. The summed E-state index contributed by atoms with van der Waals surface area (Å²) in [5.41, 5.74) is 1.42. The highest BCUT2D eigenvalue weighted by Crippen LogP contribution is 2.18. The minimum Gasteiger partial charge on any atom is -0.381 e. The van der Waals surface area contributed by atoms with Crippen molar-refractivity contribution in [2.24, 2.45) is 5.92 Å². The fourth-order valence-electron chi connectivity index (χ4n) is 2.25. The van der Waals surface area contributed by atoms with E-state index in [1.807, 2.05) is 19.9 Å². The van der Waals surface area contributed by atoms with Crippen LogP contribution in [0.4, 0.5) is 0 Å². The van der Waals surface area contributed by atoms with Gasteiger partial charge in [0.05, 0.1) is 0 Å². The van der Waals surface area contributed by atoms with E-state index in [4.69, 9.17) is 16.3 Å². The van der Waals surface area contributed by atoms with Gasteiger partial charge in [0, 0.05) is 31.0 Å². The van der Waals surface area contributed by atoms with Crippen LogP contribution < -0.4 is 5.32 Å². The van der Waals surface area contributed by atoms with Crippen LogP contribution in [0.5, 0.6) is 0 Å². The second kappa shape index (κ2) is 7.04. The molecule has 1 fully saturated rings. The monoisotopic (exact) mass is 296 g/mol. The molecule has 1 amide bonds. The van der Waals surface area contributed by atoms with Crippen molar-refractivity contribution in [3.8, 4) is 0 Å². The molecule has 0 aliphatic carbocycles. The summed E-state index contributed by atoms with van der Waals surface area (Å²) in [7, 11) is 0. The van der Waals surface area contributed by atoms with Crippen LogP contribution in [0.25, 0.3) is 0 Å². The van der Waals surface area contributed by atoms with Crippen LogP contribution in [0.3, 0.4) is 0 Å². The van der Waals surface area contributed by atoms with Gasteiger partial charge in [0.2, 0.25) is 0 Å². The summed E-state index contributed by atoms with van der Waals surface area (Å²) >= 11 is 5.97. The maximum absolute atomic E-state index is 12.1. The molecular formula is C15H21ClN2O2. The van der Waals surface area contributed by atoms with Crippen LogP contribution in [0, 0.1) is 5.92 Å². The first-order chi connectivity index (χ1) is 9.56. The van der Waals surface area contributed by atoms with E-state index in [-0.39, 0.29) is 11.8 Å². The highest BCUT2D eigenvalue weighted by atomic mass is 35.5. The average Bonchev–Trinajstić information content (AvgIpc) is 2.91. The van der Waals surface area contributed by atoms with E-state index in [1.165, 1.54) is 0 Å². The van der Waals surface area contributed by atoms with Crippen molar-refractivity contribution in [1.82, 2.24) is 10.3 Å². The molecule has 0 spiro atoms. The standard InChI is InChI=1S/C15H21ClN2O2/c1-10(2)13-7-12(8-14(16)18-13)15(19)17-5-3-11-4-6-20-9-11/h7-8,10-11H,3-6,9H2,1-2H3,(H,17,19). The van der Waals surface area contributed by atoms with E-state index in [0.29, 0.717) is 23.2 Å². The van der Waals surface area contributed by atoms with Crippen LogP contribution in [-0.4, -0.2) is 30.6 Å². The van der Waals surface area contributed by atoms with Gasteiger partial charge in [-0.25, -0.2) is 4.98 Å². The number of hydrogen-bond acceptors (Lipinski definition) is 3. The molecule has 1 saturated heterocycles. The second-order valence-corrected chi connectivity index (χ2v) is 5.92. The smallest absolute Gasteiger partial charge is 0.251 e. The first-order valence-electron chi connectivity index (χ1n) is 7.09. The highest BCUT2D eigenvalue weighted by molar-refractivity contribution is 6.29. The van der Waals surface area contributed by atoms with Gasteiger partial charge in [-0.3, -0.25) is 4.79 Å². The molecule has 5 heteroatoms. The Bertz CT molecular complexity index is 471. The first-order valence-corrected chi connectivity index (χ1v) is 7.47. The summed E-state index contributed by atoms with van der Waals surface area (Å²) in [4.78, 5) is 16.3. The summed E-state index contributed by atoms with van der Waals surface area (Å²) in [5.74, 6) is 0.730. The molecule has 1 unspecified atom stereocenters. The van der Waals surface area contributed by atoms with E-state index >= 15 is 0 Å². The quantitative estimate of drug-likeness (QED) is 0.850. The van der Waals surface area contributed by atoms with Crippen molar-refractivity contribution in [3.63, 3.8) is 0 Å². The van der Waals surface area contributed by atoms with Gasteiger partial charge in [-0.05, 0) is 36.8 Å². The SMILES string of the molecule is CC(C)c1cc(C(=O)NCCC2CCOC2)cc(Cl)n1. The molecule has 0 saturated carbocycles. The van der Waals surface area contributed by atoms with Crippen molar-refractivity contribution in [2.75, 3.05) is 19.8 Å². The number of nitrogens with one attached hydrogen (secondary N) is 1. The van der Waals surface area contributed by atoms with Gasteiger partial charge < -0.3 is 10.1 Å². The maximum atomic E-state index is 12.1. The van der Waals surface area contributed by atoms with Crippen molar-refractivity contribution < 1.29 is 9.53 Å². The number of pyridine rings is 1. The van der Waals surface area contributed by atoms with Gasteiger partial charge in [0.1, 0.15) is 5.15 Å². The zero-order chi connectivity index (χ0) is 14.5. The number of ether oxygens (including phenoxy) is 1. The summed E-state index contributed by atoms with van der Waals surface area (Å²) in [6, 6.07) is 3.42. The third-order valence-electron chi connectivity index (χ3n) is 3.53. The number of carbonyl (C=O) groups is 1. The minimum absolute atomic E-state index is 0.0879. The molecule has 1 aliphatic heterocycles. The Morgan fingerprint density at radius 3 is 3.00 bits per heavy atom. The molecule has 1 atom stereocenters. The predicted octanol–water partition coefficient (Wildman–Crippen LogP) is 3.01. The van der Waals surface area contributed by atoms with Crippen LogP contribution in [-0.2, 0) is 4.74 Å². The number of nitrogens with zero attached hydrogens (tertiary/aromatic N) is 1. The number of amides is 1. The Labute approximate surface area is 124 Å². The molecule has 1 aromatic heterocycles. The van der Waals surface area contributed by atoms with Crippen molar-refractivity contribution in [2.45, 2.75) is 32.6 Å². The van der Waals surface area contributed by atoms with Gasteiger partial charge in [0.25, 0.3) is 5.91 Å². The van der Waals surface area contributed by atoms with Gasteiger partial charge in [-0.15, -0.1) is 0 Å². The Hall–Kier alpha value is -1.13.